The van der Waals surface area contributed by atoms with Crippen LogP contribution in [0.1, 0.15) is 21.7 Å². The number of carbonyl (C=O) groups excluding carboxylic acids is 1. The van der Waals surface area contributed by atoms with E-state index in [0.29, 0.717) is 0 Å². The zero-order valence-corrected chi connectivity index (χ0v) is 10.4. The molecule has 92 valence electrons. The van der Waals surface area contributed by atoms with Crippen LogP contribution in [0.3, 0.4) is 0 Å². The third-order valence-corrected chi connectivity index (χ3v) is 2.74. The lowest BCUT2D eigenvalue weighted by atomic mass is 10.1. The van der Waals surface area contributed by atoms with E-state index < -0.39 is 5.82 Å². The molecule has 0 aliphatic heterocycles. The monoisotopic (exact) mass is 264 g/mol. The van der Waals surface area contributed by atoms with Gasteiger partial charge in [0.1, 0.15) is 11.5 Å². The van der Waals surface area contributed by atoms with E-state index in [9.17, 15) is 9.18 Å². The quantitative estimate of drug-likeness (QED) is 0.801. The number of carbonyl (C=O) groups is 1. The Kier molecular flexibility index (Phi) is 3.67. The zero-order valence-electron chi connectivity index (χ0n) is 9.65. The Morgan fingerprint density at radius 1 is 1.33 bits per heavy atom. The summed E-state index contributed by atoms with van der Waals surface area (Å²) in [4.78, 5) is 19.8. The van der Waals surface area contributed by atoms with Crippen LogP contribution in [0.15, 0.2) is 30.6 Å². The van der Waals surface area contributed by atoms with Gasteiger partial charge < -0.3 is 0 Å². The summed E-state index contributed by atoms with van der Waals surface area (Å²) in [6, 6.07) is 4.58. The van der Waals surface area contributed by atoms with E-state index in [1.54, 1.807) is 13.0 Å². The molecule has 5 heteroatoms. The summed E-state index contributed by atoms with van der Waals surface area (Å²) in [5.41, 5.74) is 1.20. The summed E-state index contributed by atoms with van der Waals surface area (Å²) >= 11 is 5.65. The number of nitrogens with zero attached hydrogens (tertiary/aromatic N) is 2. The van der Waals surface area contributed by atoms with Crippen LogP contribution in [0, 0.1) is 12.7 Å². The van der Waals surface area contributed by atoms with Crippen LogP contribution in [-0.4, -0.2) is 15.8 Å². The maximum absolute atomic E-state index is 13.6. The van der Waals surface area contributed by atoms with Gasteiger partial charge in [-0.05, 0) is 18.6 Å². The van der Waals surface area contributed by atoms with Crippen molar-refractivity contribution < 1.29 is 9.18 Å². The Morgan fingerprint density at radius 2 is 2.11 bits per heavy atom. The Hall–Kier alpha value is -1.81. The summed E-state index contributed by atoms with van der Waals surface area (Å²) < 4.78 is 13.6. The first-order valence-electron chi connectivity index (χ1n) is 5.32. The molecule has 0 radical (unpaired) electrons. The number of benzene rings is 1. The van der Waals surface area contributed by atoms with E-state index in [1.165, 1.54) is 24.5 Å². The summed E-state index contributed by atoms with van der Waals surface area (Å²) in [6.45, 7) is 1.78. The maximum atomic E-state index is 13.6. The summed E-state index contributed by atoms with van der Waals surface area (Å²) in [5.74, 6) is -0.851. The van der Waals surface area contributed by atoms with Crippen LogP contribution in [-0.2, 0) is 6.42 Å². The highest BCUT2D eigenvalue weighted by molar-refractivity contribution is 6.30. The number of ketones is 1. The van der Waals surface area contributed by atoms with Crippen LogP contribution >= 0.6 is 11.6 Å². The third-order valence-electron chi connectivity index (χ3n) is 2.45. The minimum Gasteiger partial charge on any atom is -0.292 e. The van der Waals surface area contributed by atoms with Crippen molar-refractivity contribution in [1.29, 1.82) is 0 Å². The normalized spacial score (nSPS) is 10.4. The molecule has 1 heterocycles. The average Bonchev–Trinajstić information content (AvgIpc) is 2.36. The van der Waals surface area contributed by atoms with E-state index >= 15 is 0 Å². The van der Waals surface area contributed by atoms with Crippen molar-refractivity contribution in [3.05, 3.63) is 58.4 Å². The molecular formula is C13H10ClFN2O. The predicted octanol–water partition coefficient (Wildman–Crippen LogP) is 3.00. The second-order valence-electron chi connectivity index (χ2n) is 3.86. The van der Waals surface area contributed by atoms with Crippen molar-refractivity contribution in [3.63, 3.8) is 0 Å². The number of halogens is 2. The van der Waals surface area contributed by atoms with E-state index in [4.69, 9.17) is 11.6 Å². The smallest absolute Gasteiger partial charge is 0.187 e. The van der Waals surface area contributed by atoms with Gasteiger partial charge >= 0.3 is 0 Å². The molecule has 0 aliphatic carbocycles. The van der Waals surface area contributed by atoms with Crippen molar-refractivity contribution in [2.24, 2.45) is 0 Å². The highest BCUT2D eigenvalue weighted by Crippen LogP contribution is 2.19. The van der Waals surface area contributed by atoms with Gasteiger partial charge in [-0.25, -0.2) is 9.37 Å². The van der Waals surface area contributed by atoms with E-state index in [2.05, 4.69) is 9.97 Å². The molecule has 0 bridgehead atoms. The van der Waals surface area contributed by atoms with Gasteiger partial charge in [0.05, 0.1) is 16.9 Å². The lowest BCUT2D eigenvalue weighted by Crippen LogP contribution is -2.08. The molecule has 0 atom stereocenters. The van der Waals surface area contributed by atoms with Crippen LogP contribution in [0.2, 0.25) is 5.02 Å². The van der Waals surface area contributed by atoms with Gasteiger partial charge in [0.15, 0.2) is 5.78 Å². The molecule has 0 aliphatic rings. The topological polar surface area (TPSA) is 42.9 Å². The molecule has 0 saturated heterocycles. The maximum Gasteiger partial charge on any atom is 0.187 e. The van der Waals surface area contributed by atoms with Gasteiger partial charge in [0.2, 0.25) is 0 Å². The predicted molar refractivity (Wildman–Crippen MR) is 66.2 cm³/mol. The fraction of sp³-hybridized carbons (Fsp3) is 0.154. The average molecular weight is 265 g/mol. The minimum atomic E-state index is -0.562. The summed E-state index contributed by atoms with van der Waals surface area (Å²) in [5, 5.41) is 0.00953. The zero-order chi connectivity index (χ0) is 13.1. The van der Waals surface area contributed by atoms with Crippen LogP contribution in [0.4, 0.5) is 4.39 Å². The van der Waals surface area contributed by atoms with E-state index in [1.807, 2.05) is 0 Å². The van der Waals surface area contributed by atoms with Crippen LogP contribution < -0.4 is 0 Å². The standard InChI is InChI=1S/C13H10ClFN2O/c1-8-6-17-11(7-16-8)12(18)5-9-3-2-4-10(14)13(9)15/h2-4,6-7H,5H2,1H3. The molecule has 0 saturated carbocycles. The molecule has 0 unspecified atom stereocenters. The largest absolute Gasteiger partial charge is 0.292 e. The van der Waals surface area contributed by atoms with Crippen LogP contribution in [0.5, 0.6) is 0 Å². The highest BCUT2D eigenvalue weighted by Gasteiger charge is 2.13. The SMILES string of the molecule is Cc1cnc(C(=O)Cc2cccc(Cl)c2F)cn1. The summed E-state index contributed by atoms with van der Waals surface area (Å²) in [7, 11) is 0. The van der Waals surface area contributed by atoms with Gasteiger partial charge in [-0.1, -0.05) is 23.7 Å². The van der Waals surface area contributed by atoms with Crippen molar-refractivity contribution >= 4 is 17.4 Å². The van der Waals surface area contributed by atoms with E-state index in [-0.39, 0.29) is 28.5 Å². The Bertz CT molecular complexity index is 584. The fourth-order valence-corrected chi connectivity index (χ4v) is 1.68. The van der Waals surface area contributed by atoms with Crippen molar-refractivity contribution in [1.82, 2.24) is 9.97 Å². The molecule has 3 nitrogen and oxygen atoms in total. The first-order chi connectivity index (χ1) is 8.58. The Labute approximate surface area is 109 Å². The molecule has 2 rings (SSSR count). The molecule has 2 aromatic rings. The number of rotatable bonds is 3. The first-order valence-corrected chi connectivity index (χ1v) is 5.70. The summed E-state index contributed by atoms with van der Waals surface area (Å²) in [6.07, 6.45) is 2.81. The minimum absolute atomic E-state index is 0.00953. The van der Waals surface area contributed by atoms with E-state index in [0.717, 1.165) is 5.69 Å². The fourth-order valence-electron chi connectivity index (χ4n) is 1.49. The molecular weight excluding hydrogens is 255 g/mol. The van der Waals surface area contributed by atoms with Gasteiger partial charge in [-0.2, -0.15) is 0 Å². The highest BCUT2D eigenvalue weighted by atomic mass is 35.5. The number of aromatic nitrogens is 2. The van der Waals surface area contributed by atoms with Crippen LogP contribution in [0.25, 0.3) is 0 Å². The lowest BCUT2D eigenvalue weighted by Gasteiger charge is -2.03. The van der Waals surface area contributed by atoms with Gasteiger partial charge in [-0.3, -0.25) is 9.78 Å². The third kappa shape index (κ3) is 2.71. The molecule has 0 N–H and O–H groups in total. The molecule has 0 amide bonds. The molecule has 0 fully saturated rings. The van der Waals surface area contributed by atoms with Crippen molar-refractivity contribution in [3.8, 4) is 0 Å². The molecule has 18 heavy (non-hydrogen) atoms. The molecule has 1 aromatic heterocycles. The number of hydrogen-bond acceptors (Lipinski definition) is 3. The van der Waals surface area contributed by atoms with Gasteiger partial charge in [-0.15, -0.1) is 0 Å². The number of aryl methyl sites for hydroxylation is 1. The second kappa shape index (κ2) is 5.23. The number of hydrogen-bond donors (Lipinski definition) is 0. The Morgan fingerprint density at radius 3 is 2.78 bits per heavy atom. The molecule has 0 spiro atoms. The van der Waals surface area contributed by atoms with Gasteiger partial charge in [0, 0.05) is 12.6 Å². The second-order valence-corrected chi connectivity index (χ2v) is 4.26. The number of Topliss-reactive ketones (excluding diaryl/α,β-unsaturated/α-hetero) is 1. The van der Waals surface area contributed by atoms with Gasteiger partial charge in [0.25, 0.3) is 0 Å². The molecule has 1 aromatic carbocycles. The van der Waals surface area contributed by atoms with Crippen molar-refractivity contribution in [2.45, 2.75) is 13.3 Å². The Balaban J connectivity index is 2.21. The lowest BCUT2D eigenvalue weighted by molar-refractivity contribution is 0.0986. The van der Waals surface area contributed by atoms with Crippen molar-refractivity contribution in [2.75, 3.05) is 0 Å². The first kappa shape index (κ1) is 12.6.